The van der Waals surface area contributed by atoms with Gasteiger partial charge in [0.15, 0.2) is 0 Å². The largest absolute Gasteiger partial charge is 0.416 e. The maximum Gasteiger partial charge on any atom is 0.416 e. The molecule has 178 valence electrons. The van der Waals surface area contributed by atoms with E-state index in [1.165, 1.54) is 0 Å². The topological polar surface area (TPSA) is 29.1 Å². The van der Waals surface area contributed by atoms with Crippen molar-refractivity contribution in [3.8, 4) is 0 Å². The highest BCUT2D eigenvalue weighted by molar-refractivity contribution is 5.82. The van der Waals surface area contributed by atoms with Gasteiger partial charge in [-0.05, 0) is 61.3 Å². The Kier molecular flexibility index (Phi) is 9.45. The van der Waals surface area contributed by atoms with Crippen LogP contribution in [0.1, 0.15) is 83.4 Å². The number of hydrogen-bond acceptors (Lipinski definition) is 1. The molecular weight excluding hydrogens is 420 g/mol. The molecule has 0 saturated carbocycles. The highest BCUT2D eigenvalue weighted by Crippen LogP contribution is 2.39. The van der Waals surface area contributed by atoms with Gasteiger partial charge in [0.2, 0.25) is 5.91 Å². The molecule has 0 spiro atoms. The number of hydrogen-bond donors (Lipinski definition) is 1. The number of alkyl halides is 6. The van der Waals surface area contributed by atoms with Crippen LogP contribution in [-0.2, 0) is 23.7 Å². The zero-order valence-corrected chi connectivity index (χ0v) is 18.8. The maximum atomic E-state index is 13.2. The third-order valence-corrected chi connectivity index (χ3v) is 5.31. The molecule has 1 aromatic carbocycles. The summed E-state index contributed by atoms with van der Waals surface area (Å²) in [6, 6.07) is 1.41. The first-order chi connectivity index (χ1) is 14.1. The van der Waals surface area contributed by atoms with Crippen LogP contribution in [0.25, 0.3) is 0 Å². The van der Waals surface area contributed by atoms with Crippen molar-refractivity contribution in [2.24, 2.45) is 17.3 Å². The van der Waals surface area contributed by atoms with Crippen LogP contribution in [0.5, 0.6) is 0 Å². The Labute approximate surface area is 180 Å². The van der Waals surface area contributed by atoms with E-state index < -0.39 is 35.4 Å². The number of halogens is 6. The second-order valence-electron chi connectivity index (χ2n) is 9.16. The van der Waals surface area contributed by atoms with E-state index in [4.69, 9.17) is 0 Å². The molecule has 0 bridgehead atoms. The predicted molar refractivity (Wildman–Crippen MR) is 109 cm³/mol. The van der Waals surface area contributed by atoms with E-state index in [1.54, 1.807) is 0 Å². The average molecular weight is 454 g/mol. The van der Waals surface area contributed by atoms with E-state index in [-0.39, 0.29) is 23.5 Å². The van der Waals surface area contributed by atoms with Crippen LogP contribution in [0, 0.1) is 17.3 Å². The molecule has 0 aliphatic carbocycles. The van der Waals surface area contributed by atoms with Gasteiger partial charge in [-0.25, -0.2) is 0 Å². The molecule has 0 fully saturated rings. The van der Waals surface area contributed by atoms with Gasteiger partial charge in [0.25, 0.3) is 0 Å². The lowest BCUT2D eigenvalue weighted by Crippen LogP contribution is -2.42. The number of rotatable bonds is 10. The van der Waals surface area contributed by atoms with Gasteiger partial charge in [0.05, 0.1) is 11.1 Å². The monoisotopic (exact) mass is 453 g/mol. The summed E-state index contributed by atoms with van der Waals surface area (Å²) < 4.78 is 78.5. The van der Waals surface area contributed by atoms with Crippen molar-refractivity contribution in [1.82, 2.24) is 5.32 Å². The van der Waals surface area contributed by atoms with Crippen molar-refractivity contribution in [2.75, 3.05) is 0 Å². The lowest BCUT2D eigenvalue weighted by molar-refractivity contribution is -0.143. The molecule has 0 saturated heterocycles. The van der Waals surface area contributed by atoms with E-state index in [1.807, 2.05) is 34.6 Å². The van der Waals surface area contributed by atoms with Crippen LogP contribution in [0.3, 0.4) is 0 Å². The third kappa shape index (κ3) is 8.37. The second kappa shape index (κ2) is 10.7. The van der Waals surface area contributed by atoms with E-state index >= 15 is 0 Å². The number of benzene rings is 1. The molecule has 1 rings (SSSR count). The molecule has 1 amide bonds. The van der Waals surface area contributed by atoms with Gasteiger partial charge in [0, 0.05) is 12.0 Å². The van der Waals surface area contributed by atoms with Gasteiger partial charge in [-0.15, -0.1) is 0 Å². The van der Waals surface area contributed by atoms with Crippen molar-refractivity contribution in [1.29, 1.82) is 0 Å². The maximum absolute atomic E-state index is 13.2. The van der Waals surface area contributed by atoms with Crippen molar-refractivity contribution in [2.45, 2.75) is 85.6 Å². The minimum Gasteiger partial charge on any atom is -0.352 e. The molecule has 2 nitrogen and oxygen atoms in total. The van der Waals surface area contributed by atoms with Gasteiger partial charge in [0.1, 0.15) is 0 Å². The minimum absolute atomic E-state index is 0.0914. The summed E-state index contributed by atoms with van der Waals surface area (Å²) in [7, 11) is 0. The number of carbonyl (C=O) groups excluding carboxylic acids is 1. The van der Waals surface area contributed by atoms with Crippen LogP contribution in [0.2, 0.25) is 0 Å². The summed E-state index contributed by atoms with van der Waals surface area (Å²) >= 11 is 0. The fourth-order valence-electron chi connectivity index (χ4n) is 3.97. The molecule has 1 unspecified atom stereocenters. The molecule has 0 heterocycles. The lowest BCUT2D eigenvalue weighted by atomic mass is 9.71. The molecule has 0 aliphatic rings. The van der Waals surface area contributed by atoms with Crippen molar-refractivity contribution in [3.05, 3.63) is 34.9 Å². The third-order valence-electron chi connectivity index (χ3n) is 5.31. The highest BCUT2D eigenvalue weighted by atomic mass is 19.4. The Morgan fingerprint density at radius 2 is 1.39 bits per heavy atom. The average Bonchev–Trinajstić information content (AvgIpc) is 2.62. The molecule has 31 heavy (non-hydrogen) atoms. The molecule has 0 aliphatic heterocycles. The zero-order valence-electron chi connectivity index (χ0n) is 18.8. The summed E-state index contributed by atoms with van der Waals surface area (Å²) in [6.45, 7) is 9.65. The predicted octanol–water partition coefficient (Wildman–Crippen LogP) is 7.61. The van der Waals surface area contributed by atoms with Crippen LogP contribution < -0.4 is 5.32 Å². The van der Waals surface area contributed by atoms with Crippen LogP contribution in [0.4, 0.5) is 26.3 Å². The van der Waals surface area contributed by atoms with Gasteiger partial charge >= 0.3 is 12.4 Å². The molecular formula is C23H33F6NO. The molecule has 1 atom stereocenters. The molecule has 1 aromatic rings. The normalized spacial score (nSPS) is 14.7. The summed E-state index contributed by atoms with van der Waals surface area (Å²) in [5, 5.41) is 2.64. The summed E-state index contributed by atoms with van der Waals surface area (Å²) in [5.41, 5.74) is -3.68. The number of nitrogens with one attached hydrogen (secondary N) is 1. The quantitative estimate of drug-likeness (QED) is 0.363. The fourth-order valence-corrected chi connectivity index (χ4v) is 3.97. The Balaban J connectivity index is 3.20. The summed E-state index contributed by atoms with van der Waals surface area (Å²) in [4.78, 5) is 13.2. The standard InChI is InChI=1S/C23H33F6NO/c1-6-8-21(13-16(4)5,9-7-15(2)3)20(31)30-14-17-10-18(22(24,25)26)12-19(11-17)23(27,28)29/h10-12,15-16H,6-9,13-14H2,1-5H3,(H,30,31). The molecule has 8 heteroatoms. The molecule has 1 N–H and O–H groups in total. The summed E-state index contributed by atoms with van der Waals surface area (Å²) in [5.74, 6) is 0.276. The number of amides is 1. The van der Waals surface area contributed by atoms with Crippen molar-refractivity contribution < 1.29 is 31.1 Å². The van der Waals surface area contributed by atoms with Crippen molar-refractivity contribution >= 4 is 5.91 Å². The van der Waals surface area contributed by atoms with Crippen molar-refractivity contribution in [3.63, 3.8) is 0 Å². The highest BCUT2D eigenvalue weighted by Gasteiger charge is 2.39. The first-order valence-corrected chi connectivity index (χ1v) is 10.7. The lowest BCUT2D eigenvalue weighted by Gasteiger charge is -2.35. The Morgan fingerprint density at radius 1 is 0.871 bits per heavy atom. The fraction of sp³-hybridized carbons (Fsp3) is 0.696. The van der Waals surface area contributed by atoms with Crippen LogP contribution in [-0.4, -0.2) is 5.91 Å². The Hall–Kier alpha value is -1.73. The van der Waals surface area contributed by atoms with Gasteiger partial charge in [-0.3, -0.25) is 4.79 Å². The second-order valence-corrected chi connectivity index (χ2v) is 9.16. The first kappa shape index (κ1) is 27.3. The SMILES string of the molecule is CCCC(CCC(C)C)(CC(C)C)C(=O)NCc1cc(C(F)(F)F)cc(C(F)(F)F)c1. The Bertz CT molecular complexity index is 692. The summed E-state index contributed by atoms with van der Waals surface area (Å²) in [6.07, 6.45) is -6.43. The first-order valence-electron chi connectivity index (χ1n) is 10.7. The van der Waals surface area contributed by atoms with E-state index in [0.29, 0.717) is 37.3 Å². The van der Waals surface area contributed by atoms with E-state index in [0.717, 1.165) is 12.8 Å². The smallest absolute Gasteiger partial charge is 0.352 e. The van der Waals surface area contributed by atoms with E-state index in [2.05, 4.69) is 5.32 Å². The van der Waals surface area contributed by atoms with Gasteiger partial charge in [-0.2, -0.15) is 26.3 Å². The van der Waals surface area contributed by atoms with Crippen LogP contribution in [0.15, 0.2) is 18.2 Å². The number of carbonyl (C=O) groups is 1. The minimum atomic E-state index is -4.92. The van der Waals surface area contributed by atoms with E-state index in [9.17, 15) is 31.1 Å². The molecule has 0 aromatic heterocycles. The Morgan fingerprint density at radius 3 is 1.77 bits per heavy atom. The molecule has 0 radical (unpaired) electrons. The zero-order chi connectivity index (χ0) is 24.0. The van der Waals surface area contributed by atoms with Crippen LogP contribution >= 0.6 is 0 Å². The van der Waals surface area contributed by atoms with Gasteiger partial charge in [-0.1, -0.05) is 41.0 Å². The van der Waals surface area contributed by atoms with Gasteiger partial charge < -0.3 is 5.32 Å².